The number of hydrogen-bond acceptors (Lipinski definition) is 2. The average molecular weight is 275 g/mol. The van der Waals surface area contributed by atoms with Gasteiger partial charge in [0.1, 0.15) is 5.75 Å². The van der Waals surface area contributed by atoms with Crippen LogP contribution in [0.2, 0.25) is 0 Å². The first-order valence-corrected chi connectivity index (χ1v) is 7.99. The highest BCUT2D eigenvalue weighted by Crippen LogP contribution is 2.41. The average Bonchev–Trinajstić information content (AvgIpc) is 2.40. The van der Waals surface area contributed by atoms with Crippen LogP contribution in [0.15, 0.2) is 24.3 Å². The van der Waals surface area contributed by atoms with Gasteiger partial charge < -0.3 is 10.1 Å². The number of nitrogens with one attached hydrogen (secondary N) is 1. The molecule has 1 aliphatic rings. The molecular weight excluding hydrogens is 246 g/mol. The van der Waals surface area contributed by atoms with Gasteiger partial charge in [-0.2, -0.15) is 0 Å². The first-order valence-electron chi connectivity index (χ1n) is 7.99. The monoisotopic (exact) mass is 275 g/mol. The van der Waals surface area contributed by atoms with Gasteiger partial charge in [0, 0.05) is 12.1 Å². The fraction of sp³-hybridized carbons (Fsp3) is 0.667. The van der Waals surface area contributed by atoms with Crippen molar-refractivity contribution >= 4 is 0 Å². The van der Waals surface area contributed by atoms with Crippen molar-refractivity contribution in [1.82, 2.24) is 5.32 Å². The van der Waals surface area contributed by atoms with E-state index < -0.39 is 0 Å². The molecule has 0 spiro atoms. The molecular formula is C18H29NO. The Labute approximate surface area is 123 Å². The number of ether oxygens (including phenoxy) is 1. The summed E-state index contributed by atoms with van der Waals surface area (Å²) in [5.41, 5.74) is 1.38. The molecule has 112 valence electrons. The Morgan fingerprint density at radius 1 is 1.15 bits per heavy atom. The molecule has 1 N–H and O–H groups in total. The van der Waals surface area contributed by atoms with Gasteiger partial charge in [0.15, 0.2) is 0 Å². The molecule has 20 heavy (non-hydrogen) atoms. The smallest absolute Gasteiger partial charge is 0.122 e. The lowest BCUT2D eigenvalue weighted by Gasteiger charge is -2.38. The van der Waals surface area contributed by atoms with Crippen LogP contribution in [0.5, 0.6) is 5.75 Å². The molecule has 1 aromatic rings. The minimum Gasteiger partial charge on any atom is -0.496 e. The summed E-state index contributed by atoms with van der Waals surface area (Å²) in [5, 5.41) is 3.77. The van der Waals surface area contributed by atoms with Gasteiger partial charge in [-0.1, -0.05) is 32.0 Å². The van der Waals surface area contributed by atoms with Gasteiger partial charge in [-0.3, -0.25) is 0 Å². The quantitative estimate of drug-likeness (QED) is 0.798. The van der Waals surface area contributed by atoms with E-state index in [1.807, 2.05) is 6.07 Å². The van der Waals surface area contributed by atoms with Crippen molar-refractivity contribution in [2.24, 2.45) is 5.92 Å². The van der Waals surface area contributed by atoms with Crippen molar-refractivity contribution < 1.29 is 4.74 Å². The minimum atomic E-state index is 0.640. The predicted octanol–water partition coefficient (Wildman–Crippen LogP) is 4.36. The number of rotatable bonds is 7. The van der Waals surface area contributed by atoms with Gasteiger partial charge in [-0.25, -0.2) is 0 Å². The van der Waals surface area contributed by atoms with Gasteiger partial charge in [0.25, 0.3) is 0 Å². The fourth-order valence-electron chi connectivity index (χ4n) is 3.08. The van der Waals surface area contributed by atoms with Gasteiger partial charge in [0.05, 0.1) is 7.11 Å². The van der Waals surface area contributed by atoms with Crippen LogP contribution in [0, 0.1) is 5.92 Å². The number of hydrogen-bond donors (Lipinski definition) is 1. The van der Waals surface area contributed by atoms with Crippen molar-refractivity contribution in [3.8, 4) is 5.75 Å². The molecule has 0 saturated heterocycles. The molecule has 0 aromatic heterocycles. The molecule has 0 aliphatic heterocycles. The molecule has 1 unspecified atom stereocenters. The summed E-state index contributed by atoms with van der Waals surface area (Å²) in [7, 11) is 1.77. The fourth-order valence-corrected chi connectivity index (χ4v) is 3.08. The van der Waals surface area contributed by atoms with Crippen molar-refractivity contribution in [2.75, 3.05) is 7.11 Å². The second-order valence-electron chi connectivity index (χ2n) is 6.65. The normalized spacial score (nSPS) is 23.4. The summed E-state index contributed by atoms with van der Waals surface area (Å²) in [6, 6.07) is 9.77. The van der Waals surface area contributed by atoms with Crippen molar-refractivity contribution in [3.63, 3.8) is 0 Å². The second kappa shape index (κ2) is 7.12. The maximum Gasteiger partial charge on any atom is 0.122 e. The maximum absolute atomic E-state index is 5.46. The second-order valence-corrected chi connectivity index (χ2v) is 6.65. The largest absolute Gasteiger partial charge is 0.496 e. The highest BCUT2D eigenvalue weighted by molar-refractivity contribution is 5.37. The Balaban J connectivity index is 1.77. The summed E-state index contributed by atoms with van der Waals surface area (Å²) < 4.78 is 5.46. The Morgan fingerprint density at radius 3 is 2.50 bits per heavy atom. The Bertz CT molecular complexity index is 410. The zero-order valence-corrected chi connectivity index (χ0v) is 13.4. The molecule has 1 fully saturated rings. The third-order valence-electron chi connectivity index (χ3n) is 4.41. The van der Waals surface area contributed by atoms with E-state index in [1.54, 1.807) is 7.11 Å². The van der Waals surface area contributed by atoms with Crippen LogP contribution >= 0.6 is 0 Å². The van der Waals surface area contributed by atoms with E-state index in [-0.39, 0.29) is 0 Å². The molecule has 1 aliphatic carbocycles. The van der Waals surface area contributed by atoms with Crippen LogP contribution in [-0.4, -0.2) is 19.2 Å². The molecule has 2 heteroatoms. The topological polar surface area (TPSA) is 21.3 Å². The lowest BCUT2D eigenvalue weighted by molar-refractivity contribution is 0.256. The van der Waals surface area contributed by atoms with Crippen LogP contribution in [0.1, 0.15) is 57.9 Å². The van der Waals surface area contributed by atoms with Crippen LogP contribution in [0.3, 0.4) is 0 Å². The SMILES string of the molecule is COc1ccccc1C1CC(NC(C)CCC(C)C)C1. The van der Waals surface area contributed by atoms with E-state index in [9.17, 15) is 0 Å². The molecule has 0 heterocycles. The Morgan fingerprint density at radius 2 is 1.85 bits per heavy atom. The van der Waals surface area contributed by atoms with Crippen molar-refractivity contribution in [3.05, 3.63) is 29.8 Å². The summed E-state index contributed by atoms with van der Waals surface area (Å²) >= 11 is 0. The van der Waals surface area contributed by atoms with E-state index in [0.29, 0.717) is 18.0 Å². The van der Waals surface area contributed by atoms with E-state index in [1.165, 1.54) is 31.2 Å². The van der Waals surface area contributed by atoms with E-state index >= 15 is 0 Å². The lowest BCUT2D eigenvalue weighted by atomic mass is 9.75. The number of benzene rings is 1. The van der Waals surface area contributed by atoms with Crippen LogP contribution in [-0.2, 0) is 0 Å². The summed E-state index contributed by atoms with van der Waals surface area (Å²) in [6.07, 6.45) is 5.09. The third kappa shape index (κ3) is 3.99. The van der Waals surface area contributed by atoms with Gasteiger partial charge >= 0.3 is 0 Å². The number of para-hydroxylation sites is 1. The predicted molar refractivity (Wildman–Crippen MR) is 85.4 cm³/mol. The van der Waals surface area contributed by atoms with Gasteiger partial charge in [0.2, 0.25) is 0 Å². The van der Waals surface area contributed by atoms with Crippen molar-refractivity contribution in [2.45, 2.75) is 64.5 Å². The Hall–Kier alpha value is -1.02. The zero-order valence-electron chi connectivity index (χ0n) is 13.4. The molecule has 0 amide bonds. The van der Waals surface area contributed by atoms with E-state index in [2.05, 4.69) is 44.3 Å². The highest BCUT2D eigenvalue weighted by atomic mass is 16.5. The summed E-state index contributed by atoms with van der Waals surface area (Å²) in [6.45, 7) is 6.92. The standard InChI is InChI=1S/C18H29NO/c1-13(2)9-10-14(3)19-16-11-15(12-16)17-7-5-6-8-18(17)20-4/h5-8,13-16,19H,9-12H2,1-4H3. The molecule has 1 aromatic carbocycles. The zero-order chi connectivity index (χ0) is 14.5. The third-order valence-corrected chi connectivity index (χ3v) is 4.41. The lowest BCUT2D eigenvalue weighted by Crippen LogP contribution is -2.44. The maximum atomic E-state index is 5.46. The minimum absolute atomic E-state index is 0.640. The van der Waals surface area contributed by atoms with E-state index in [4.69, 9.17) is 4.74 Å². The van der Waals surface area contributed by atoms with Crippen LogP contribution < -0.4 is 10.1 Å². The molecule has 2 rings (SSSR count). The first kappa shape index (κ1) is 15.4. The van der Waals surface area contributed by atoms with Gasteiger partial charge in [-0.05, 0) is 56.1 Å². The van der Waals surface area contributed by atoms with Crippen molar-refractivity contribution in [1.29, 1.82) is 0 Å². The van der Waals surface area contributed by atoms with Gasteiger partial charge in [-0.15, -0.1) is 0 Å². The molecule has 2 nitrogen and oxygen atoms in total. The molecule has 1 atom stereocenters. The highest BCUT2D eigenvalue weighted by Gasteiger charge is 2.32. The summed E-state index contributed by atoms with van der Waals surface area (Å²) in [5.74, 6) is 2.52. The molecule has 1 saturated carbocycles. The Kier molecular flexibility index (Phi) is 5.47. The van der Waals surface area contributed by atoms with Crippen LogP contribution in [0.4, 0.5) is 0 Å². The van der Waals surface area contributed by atoms with E-state index in [0.717, 1.165) is 11.7 Å². The number of methoxy groups -OCH3 is 1. The summed E-state index contributed by atoms with van der Waals surface area (Å²) in [4.78, 5) is 0. The molecule has 0 bridgehead atoms. The molecule has 0 radical (unpaired) electrons. The first-order chi connectivity index (χ1) is 9.60. The van der Waals surface area contributed by atoms with Crippen LogP contribution in [0.25, 0.3) is 0 Å².